The maximum atomic E-state index is 10.00. The van der Waals surface area contributed by atoms with Crippen LogP contribution in [0.15, 0.2) is 36.5 Å². The van der Waals surface area contributed by atoms with Crippen LogP contribution in [0.3, 0.4) is 0 Å². The van der Waals surface area contributed by atoms with E-state index in [1.165, 1.54) is 0 Å². The molecular weight excluding hydrogens is 324 g/mol. The van der Waals surface area contributed by atoms with Crippen LogP contribution in [-0.4, -0.2) is 38.8 Å². The number of anilines is 1. The van der Waals surface area contributed by atoms with Gasteiger partial charge in [-0.1, -0.05) is 30.7 Å². The summed E-state index contributed by atoms with van der Waals surface area (Å²) in [6.07, 6.45) is 1.35. The third kappa shape index (κ3) is 2.44. The molecule has 124 valence electrons. The average Bonchev–Trinajstić information content (AvgIpc) is 3.09. The van der Waals surface area contributed by atoms with Gasteiger partial charge in [0.25, 0.3) is 0 Å². The van der Waals surface area contributed by atoms with E-state index in [1.54, 1.807) is 6.20 Å². The Labute approximate surface area is 145 Å². The first-order valence-electron chi connectivity index (χ1n) is 8.05. The average molecular weight is 343 g/mol. The highest BCUT2D eigenvalue weighted by molar-refractivity contribution is 6.33. The molecule has 1 saturated heterocycles. The molecule has 0 amide bonds. The predicted octanol–water partition coefficient (Wildman–Crippen LogP) is 3.11. The Hall–Kier alpha value is -2.11. The van der Waals surface area contributed by atoms with Crippen LogP contribution in [0.25, 0.3) is 22.4 Å². The van der Waals surface area contributed by atoms with Gasteiger partial charge in [0.2, 0.25) is 0 Å². The number of nitrogens with zero attached hydrogens (tertiary/aromatic N) is 4. The fourth-order valence-corrected chi connectivity index (χ4v) is 3.48. The number of rotatable bonds is 2. The standard InChI is InChI=1S/C18H19ClN4O/c1-11-9-23(10-16(11)24)17-7-12(13(19)8-20-17)18-21-14-5-3-4-6-15(14)22(18)2/h3-8,11,16,24H,9-10H2,1-2H3/t11-,16+/m1/s1. The molecule has 0 saturated carbocycles. The zero-order valence-corrected chi connectivity index (χ0v) is 14.4. The van der Waals surface area contributed by atoms with Crippen molar-refractivity contribution in [3.63, 3.8) is 0 Å². The van der Waals surface area contributed by atoms with Crippen LogP contribution in [0.2, 0.25) is 5.02 Å². The molecule has 0 spiro atoms. The van der Waals surface area contributed by atoms with Gasteiger partial charge < -0.3 is 14.6 Å². The number of imidazole rings is 1. The van der Waals surface area contributed by atoms with Crippen molar-refractivity contribution in [1.82, 2.24) is 14.5 Å². The molecule has 0 radical (unpaired) electrons. The van der Waals surface area contributed by atoms with Crippen molar-refractivity contribution in [1.29, 1.82) is 0 Å². The summed E-state index contributed by atoms with van der Waals surface area (Å²) in [7, 11) is 1.99. The maximum Gasteiger partial charge on any atom is 0.142 e. The first kappa shape index (κ1) is 15.4. The smallest absolute Gasteiger partial charge is 0.142 e. The zero-order valence-electron chi connectivity index (χ0n) is 13.6. The molecule has 1 N–H and O–H groups in total. The first-order valence-corrected chi connectivity index (χ1v) is 8.43. The van der Waals surface area contributed by atoms with Crippen molar-refractivity contribution in [3.05, 3.63) is 41.6 Å². The van der Waals surface area contributed by atoms with Crippen LogP contribution in [0.4, 0.5) is 5.82 Å². The molecule has 1 aliphatic heterocycles. The van der Waals surface area contributed by atoms with E-state index in [-0.39, 0.29) is 12.0 Å². The van der Waals surface area contributed by atoms with E-state index in [9.17, 15) is 5.11 Å². The van der Waals surface area contributed by atoms with Gasteiger partial charge in [0, 0.05) is 37.8 Å². The van der Waals surface area contributed by atoms with Crippen LogP contribution >= 0.6 is 11.6 Å². The van der Waals surface area contributed by atoms with E-state index in [0.29, 0.717) is 11.6 Å². The lowest BCUT2D eigenvalue weighted by atomic mass is 10.1. The summed E-state index contributed by atoms with van der Waals surface area (Å²) < 4.78 is 2.04. The van der Waals surface area contributed by atoms with Gasteiger partial charge in [-0.15, -0.1) is 0 Å². The highest BCUT2D eigenvalue weighted by Crippen LogP contribution is 2.33. The third-order valence-electron chi connectivity index (χ3n) is 4.77. The number of halogens is 1. The van der Waals surface area contributed by atoms with E-state index in [4.69, 9.17) is 16.6 Å². The number of benzene rings is 1. The number of pyridine rings is 1. The maximum absolute atomic E-state index is 10.00. The molecule has 3 aromatic rings. The largest absolute Gasteiger partial charge is 0.391 e. The molecule has 2 aromatic heterocycles. The van der Waals surface area contributed by atoms with E-state index < -0.39 is 0 Å². The summed E-state index contributed by atoms with van der Waals surface area (Å²) in [5.41, 5.74) is 2.86. The highest BCUT2D eigenvalue weighted by atomic mass is 35.5. The molecule has 0 unspecified atom stereocenters. The van der Waals surface area contributed by atoms with Gasteiger partial charge in [-0.2, -0.15) is 0 Å². The van der Waals surface area contributed by atoms with Crippen molar-refractivity contribution in [2.45, 2.75) is 13.0 Å². The summed E-state index contributed by atoms with van der Waals surface area (Å²) in [6, 6.07) is 9.98. The van der Waals surface area contributed by atoms with Gasteiger partial charge in [0.05, 0.1) is 22.2 Å². The number of β-amino-alcohol motifs (C(OH)–C–C–N with tert-alkyl or cyclic N) is 1. The quantitative estimate of drug-likeness (QED) is 0.777. The Kier molecular flexibility index (Phi) is 3.70. The number of para-hydroxylation sites is 2. The Morgan fingerprint density at radius 1 is 1.25 bits per heavy atom. The number of aliphatic hydroxyl groups is 1. The van der Waals surface area contributed by atoms with E-state index in [1.807, 2.05) is 48.9 Å². The molecule has 24 heavy (non-hydrogen) atoms. The Morgan fingerprint density at radius 3 is 2.75 bits per heavy atom. The molecule has 3 heterocycles. The number of aromatic nitrogens is 3. The van der Waals surface area contributed by atoms with Crippen LogP contribution < -0.4 is 4.90 Å². The highest BCUT2D eigenvalue weighted by Gasteiger charge is 2.29. The Balaban J connectivity index is 1.80. The lowest BCUT2D eigenvalue weighted by Crippen LogP contribution is -2.22. The van der Waals surface area contributed by atoms with Gasteiger partial charge in [-0.25, -0.2) is 9.97 Å². The molecule has 1 fully saturated rings. The summed E-state index contributed by atoms with van der Waals surface area (Å²) >= 11 is 6.41. The van der Waals surface area contributed by atoms with Crippen LogP contribution in [0.5, 0.6) is 0 Å². The molecule has 0 bridgehead atoms. The van der Waals surface area contributed by atoms with Crippen molar-refractivity contribution in [3.8, 4) is 11.4 Å². The fourth-order valence-electron chi connectivity index (χ4n) is 3.30. The summed E-state index contributed by atoms with van der Waals surface area (Å²) in [5.74, 6) is 1.88. The van der Waals surface area contributed by atoms with Crippen LogP contribution in [0.1, 0.15) is 6.92 Å². The number of fused-ring (bicyclic) bond motifs is 1. The molecule has 0 aliphatic carbocycles. The van der Waals surface area contributed by atoms with Gasteiger partial charge in [0.1, 0.15) is 11.6 Å². The molecule has 1 aromatic carbocycles. The van der Waals surface area contributed by atoms with Crippen molar-refractivity contribution in [2.24, 2.45) is 13.0 Å². The topological polar surface area (TPSA) is 54.2 Å². The first-order chi connectivity index (χ1) is 11.5. The molecule has 5 nitrogen and oxygen atoms in total. The fraction of sp³-hybridized carbons (Fsp3) is 0.333. The number of hydrogen-bond acceptors (Lipinski definition) is 4. The SMILES string of the molecule is C[C@@H]1CN(c2cc(-c3nc4ccccc4n3C)c(Cl)cn2)C[C@@H]1O. The Bertz CT molecular complexity index is 897. The van der Waals surface area contributed by atoms with Gasteiger partial charge >= 0.3 is 0 Å². The summed E-state index contributed by atoms with van der Waals surface area (Å²) in [5, 5.41) is 10.6. The van der Waals surface area contributed by atoms with E-state index in [2.05, 4.69) is 9.88 Å². The minimum absolute atomic E-state index is 0.238. The van der Waals surface area contributed by atoms with E-state index >= 15 is 0 Å². The number of aliphatic hydroxyl groups excluding tert-OH is 1. The second kappa shape index (κ2) is 5.76. The van der Waals surface area contributed by atoms with Crippen molar-refractivity contribution < 1.29 is 5.11 Å². The Morgan fingerprint density at radius 2 is 2.04 bits per heavy atom. The minimum atomic E-state index is -0.318. The predicted molar refractivity (Wildman–Crippen MR) is 96.3 cm³/mol. The summed E-state index contributed by atoms with van der Waals surface area (Å²) in [4.78, 5) is 11.3. The molecule has 2 atom stereocenters. The zero-order chi connectivity index (χ0) is 16.8. The normalized spacial score (nSPS) is 20.9. The third-order valence-corrected chi connectivity index (χ3v) is 5.07. The van der Waals surface area contributed by atoms with Gasteiger partial charge in [-0.3, -0.25) is 0 Å². The minimum Gasteiger partial charge on any atom is -0.391 e. The molecule has 4 rings (SSSR count). The molecule has 1 aliphatic rings. The van der Waals surface area contributed by atoms with Gasteiger partial charge in [0.15, 0.2) is 0 Å². The van der Waals surface area contributed by atoms with Crippen molar-refractivity contribution >= 4 is 28.5 Å². The van der Waals surface area contributed by atoms with Crippen molar-refractivity contribution in [2.75, 3.05) is 18.0 Å². The van der Waals surface area contributed by atoms with Gasteiger partial charge in [-0.05, 0) is 18.2 Å². The second-order valence-corrected chi connectivity index (χ2v) is 6.86. The summed E-state index contributed by atoms with van der Waals surface area (Å²) in [6.45, 7) is 3.43. The second-order valence-electron chi connectivity index (χ2n) is 6.46. The van der Waals surface area contributed by atoms with Crippen LogP contribution in [-0.2, 0) is 7.05 Å². The lowest BCUT2D eigenvalue weighted by molar-refractivity contribution is 0.157. The number of hydrogen-bond donors (Lipinski definition) is 1. The lowest BCUT2D eigenvalue weighted by Gasteiger charge is -2.18. The van der Waals surface area contributed by atoms with Crippen LogP contribution in [0, 0.1) is 5.92 Å². The molecular formula is C18H19ClN4O. The van der Waals surface area contributed by atoms with E-state index in [0.717, 1.165) is 34.8 Å². The number of aryl methyl sites for hydroxylation is 1. The monoisotopic (exact) mass is 342 g/mol. The molecule has 6 heteroatoms.